The molecule has 1 atom stereocenters. The quantitative estimate of drug-likeness (QED) is 0.541. The van der Waals surface area contributed by atoms with Gasteiger partial charge in [-0.1, -0.05) is 0 Å². The maximum Gasteiger partial charge on any atom is 0.257 e. The van der Waals surface area contributed by atoms with Crippen LogP contribution >= 0.6 is 12.2 Å². The Morgan fingerprint density at radius 2 is 1.48 bits per heavy atom. The van der Waals surface area contributed by atoms with Crippen LogP contribution in [0.15, 0.2) is 72.8 Å². The molecule has 0 saturated carbocycles. The molecule has 1 aliphatic rings. The molecule has 0 unspecified atom stereocenters. The van der Waals surface area contributed by atoms with Gasteiger partial charge in [0.25, 0.3) is 5.91 Å². The van der Waals surface area contributed by atoms with E-state index in [1.54, 1.807) is 31.4 Å². The molecule has 1 N–H and O–H groups in total. The van der Waals surface area contributed by atoms with E-state index in [1.807, 2.05) is 0 Å². The van der Waals surface area contributed by atoms with Crippen LogP contribution in [0.3, 0.4) is 0 Å². The second-order valence-corrected chi connectivity index (χ2v) is 7.64. The van der Waals surface area contributed by atoms with Gasteiger partial charge in [0.05, 0.1) is 19.2 Å². The Balaban J connectivity index is 1.62. The molecule has 4 rings (SSSR count). The molecule has 3 aromatic carbocycles. The van der Waals surface area contributed by atoms with E-state index in [4.69, 9.17) is 17.0 Å². The lowest BCUT2D eigenvalue weighted by molar-refractivity contribution is -0.122. The van der Waals surface area contributed by atoms with E-state index < -0.39 is 29.5 Å². The minimum atomic E-state index is -0.966. The number of hydrogen-bond donors (Lipinski definition) is 1. The maximum atomic E-state index is 13.5. The maximum absolute atomic E-state index is 13.5. The second kappa shape index (κ2) is 9.33. The minimum absolute atomic E-state index is 0.112. The molecule has 9 heteroatoms. The van der Waals surface area contributed by atoms with Crippen LogP contribution in [-0.2, 0) is 9.59 Å². The van der Waals surface area contributed by atoms with Crippen molar-refractivity contribution in [3.8, 4) is 5.75 Å². The molecule has 6 nitrogen and oxygen atoms in total. The van der Waals surface area contributed by atoms with Gasteiger partial charge < -0.3 is 15.0 Å². The van der Waals surface area contributed by atoms with E-state index >= 15 is 0 Å². The Bertz CT molecular complexity index is 1190. The first kappa shape index (κ1) is 22.3. The van der Waals surface area contributed by atoms with Crippen LogP contribution < -0.4 is 19.9 Å². The van der Waals surface area contributed by atoms with Gasteiger partial charge in [-0.2, -0.15) is 0 Å². The first-order valence-electron chi connectivity index (χ1n) is 9.99. The average Bonchev–Trinajstić information content (AvgIpc) is 3.05. The van der Waals surface area contributed by atoms with Gasteiger partial charge >= 0.3 is 0 Å². The van der Waals surface area contributed by atoms with Crippen molar-refractivity contribution in [2.45, 2.75) is 12.5 Å². The Kier molecular flexibility index (Phi) is 6.32. The van der Waals surface area contributed by atoms with E-state index in [2.05, 4.69) is 5.32 Å². The summed E-state index contributed by atoms with van der Waals surface area (Å²) >= 11 is 5.55. The average molecular weight is 467 g/mol. The van der Waals surface area contributed by atoms with Gasteiger partial charge in [0, 0.05) is 11.4 Å². The van der Waals surface area contributed by atoms with Crippen molar-refractivity contribution in [1.82, 2.24) is 0 Å². The van der Waals surface area contributed by atoms with Crippen molar-refractivity contribution in [3.63, 3.8) is 0 Å². The SMILES string of the molecule is COc1ccc(NC(=O)C[C@@H]2C(=O)N(c3ccc(F)cc3)C(=S)N2c2ccc(F)cc2)cc1. The second-order valence-electron chi connectivity index (χ2n) is 7.28. The number of methoxy groups -OCH3 is 1. The van der Waals surface area contributed by atoms with Crippen molar-refractivity contribution < 1.29 is 23.1 Å². The lowest BCUT2D eigenvalue weighted by Crippen LogP contribution is -2.38. The third kappa shape index (κ3) is 4.68. The third-order valence-corrected chi connectivity index (χ3v) is 5.54. The number of rotatable bonds is 6. The first-order chi connectivity index (χ1) is 15.9. The highest BCUT2D eigenvalue weighted by Crippen LogP contribution is 2.32. The smallest absolute Gasteiger partial charge is 0.257 e. The number of ether oxygens (including phenoxy) is 1. The molecule has 1 saturated heterocycles. The highest BCUT2D eigenvalue weighted by Gasteiger charge is 2.45. The van der Waals surface area contributed by atoms with Crippen LogP contribution in [0.4, 0.5) is 25.8 Å². The molecule has 168 valence electrons. The fraction of sp³-hybridized carbons (Fsp3) is 0.125. The zero-order valence-corrected chi connectivity index (χ0v) is 18.3. The Hall–Kier alpha value is -3.85. The zero-order chi connectivity index (χ0) is 23.5. The van der Waals surface area contributed by atoms with Gasteiger partial charge in [0.1, 0.15) is 23.4 Å². The van der Waals surface area contributed by atoms with E-state index in [9.17, 15) is 18.4 Å². The van der Waals surface area contributed by atoms with Crippen molar-refractivity contribution in [3.05, 3.63) is 84.4 Å². The van der Waals surface area contributed by atoms with Crippen LogP contribution in [0.2, 0.25) is 0 Å². The molecule has 1 aliphatic heterocycles. The summed E-state index contributed by atoms with van der Waals surface area (Å²) in [4.78, 5) is 28.9. The summed E-state index contributed by atoms with van der Waals surface area (Å²) in [5.41, 5.74) is 1.37. The van der Waals surface area contributed by atoms with Crippen LogP contribution in [0.1, 0.15) is 6.42 Å². The van der Waals surface area contributed by atoms with E-state index in [1.165, 1.54) is 58.3 Å². The summed E-state index contributed by atoms with van der Waals surface area (Å²) in [7, 11) is 1.54. The van der Waals surface area contributed by atoms with Crippen LogP contribution in [-0.4, -0.2) is 30.1 Å². The predicted molar refractivity (Wildman–Crippen MR) is 125 cm³/mol. The van der Waals surface area contributed by atoms with Crippen molar-refractivity contribution in [1.29, 1.82) is 0 Å². The molecular weight excluding hydrogens is 448 g/mol. The molecule has 3 aromatic rings. The van der Waals surface area contributed by atoms with Gasteiger partial charge in [-0.15, -0.1) is 0 Å². The minimum Gasteiger partial charge on any atom is -0.497 e. The van der Waals surface area contributed by atoms with E-state index in [0.717, 1.165) is 0 Å². The Labute approximate surface area is 194 Å². The fourth-order valence-corrected chi connectivity index (χ4v) is 3.98. The summed E-state index contributed by atoms with van der Waals surface area (Å²) in [5, 5.41) is 2.87. The van der Waals surface area contributed by atoms with E-state index in [0.29, 0.717) is 22.8 Å². The summed E-state index contributed by atoms with van der Waals surface area (Å²) in [6.07, 6.45) is -0.208. The van der Waals surface area contributed by atoms with Crippen LogP contribution in [0, 0.1) is 11.6 Å². The van der Waals surface area contributed by atoms with Crippen molar-refractivity contribution in [2.24, 2.45) is 0 Å². The monoisotopic (exact) mass is 467 g/mol. The Morgan fingerprint density at radius 3 is 2.03 bits per heavy atom. The number of thiocarbonyl (C=S) groups is 1. The van der Waals surface area contributed by atoms with Gasteiger partial charge in [-0.05, 0) is 85.0 Å². The topological polar surface area (TPSA) is 61.9 Å². The Morgan fingerprint density at radius 1 is 0.939 bits per heavy atom. The first-order valence-corrected chi connectivity index (χ1v) is 10.4. The number of carbonyl (C=O) groups excluding carboxylic acids is 2. The summed E-state index contributed by atoms with van der Waals surface area (Å²) < 4.78 is 32.0. The van der Waals surface area contributed by atoms with Gasteiger partial charge in [-0.3, -0.25) is 14.5 Å². The number of hydrogen-bond acceptors (Lipinski definition) is 4. The molecule has 0 aliphatic carbocycles. The summed E-state index contributed by atoms with van der Waals surface area (Å²) in [6, 6.07) is 16.6. The molecule has 2 amide bonds. The van der Waals surface area contributed by atoms with Crippen LogP contribution in [0.5, 0.6) is 5.75 Å². The standard InChI is InChI=1S/C24H19F2N3O3S/c1-32-20-12-6-17(7-13-20)27-22(30)14-21-23(31)29(19-10-4-16(26)5-11-19)24(33)28(21)18-8-2-15(25)3-9-18/h2-13,21H,14H2,1H3,(H,27,30)/t21-/m1/s1. The normalized spacial score (nSPS) is 15.7. The molecule has 0 radical (unpaired) electrons. The summed E-state index contributed by atoms with van der Waals surface area (Å²) in [5.74, 6) is -1.11. The molecule has 33 heavy (non-hydrogen) atoms. The lowest BCUT2D eigenvalue weighted by Gasteiger charge is -2.24. The highest BCUT2D eigenvalue weighted by molar-refractivity contribution is 7.81. The molecular formula is C24H19F2N3O3S. The molecule has 0 aromatic heterocycles. The number of halogens is 2. The van der Waals surface area contributed by atoms with Crippen molar-refractivity contribution in [2.75, 3.05) is 22.2 Å². The molecule has 0 spiro atoms. The molecule has 1 fully saturated rings. The third-order valence-electron chi connectivity index (χ3n) is 5.16. The molecule has 1 heterocycles. The number of carbonyl (C=O) groups is 2. The number of nitrogens with one attached hydrogen (secondary N) is 1. The summed E-state index contributed by atoms with van der Waals surface area (Å²) in [6.45, 7) is 0. The number of anilines is 3. The number of amides is 2. The number of benzene rings is 3. The predicted octanol–water partition coefficient (Wildman–Crippen LogP) is 4.51. The number of nitrogens with zero attached hydrogens (tertiary/aromatic N) is 2. The highest BCUT2D eigenvalue weighted by atomic mass is 32.1. The zero-order valence-electron chi connectivity index (χ0n) is 17.5. The largest absolute Gasteiger partial charge is 0.497 e. The fourth-order valence-electron chi connectivity index (χ4n) is 3.56. The molecule has 0 bridgehead atoms. The van der Waals surface area contributed by atoms with Gasteiger partial charge in [-0.25, -0.2) is 8.78 Å². The van der Waals surface area contributed by atoms with Crippen molar-refractivity contribution >= 4 is 46.2 Å². The van der Waals surface area contributed by atoms with E-state index in [-0.39, 0.29) is 11.5 Å². The lowest BCUT2D eigenvalue weighted by atomic mass is 10.1. The van der Waals surface area contributed by atoms with Gasteiger partial charge in [0.15, 0.2) is 5.11 Å². The van der Waals surface area contributed by atoms with Crippen LogP contribution in [0.25, 0.3) is 0 Å². The van der Waals surface area contributed by atoms with Gasteiger partial charge in [0.2, 0.25) is 5.91 Å².